The van der Waals surface area contributed by atoms with Crippen molar-refractivity contribution in [2.75, 3.05) is 13.2 Å². The van der Waals surface area contributed by atoms with E-state index in [-0.39, 0.29) is 18.9 Å². The van der Waals surface area contributed by atoms with Crippen molar-refractivity contribution in [1.82, 2.24) is 10.6 Å². The Kier molecular flexibility index (Phi) is 10.6. The molecule has 11 heteroatoms. The van der Waals surface area contributed by atoms with Crippen LogP contribution >= 0.6 is 34.8 Å². The largest absolute Gasteiger partial charge is 0.460 e. The molecule has 26 heavy (non-hydrogen) atoms. The number of amides is 2. The van der Waals surface area contributed by atoms with Gasteiger partial charge in [0, 0.05) is 6.54 Å². The number of nitrogens with two attached hydrogens (primary N) is 1. The molecule has 4 N–H and O–H groups in total. The molecule has 0 fully saturated rings. The monoisotopic (exact) mass is 433 g/mol. The maximum absolute atomic E-state index is 11.9. The Bertz CT molecular complexity index is 492. The summed E-state index contributed by atoms with van der Waals surface area (Å²) in [5.74, 6) is -1.08. The molecule has 0 saturated heterocycles. The molecule has 0 rings (SSSR count). The van der Waals surface area contributed by atoms with E-state index in [9.17, 15) is 14.4 Å². The molecule has 0 aromatic carbocycles. The van der Waals surface area contributed by atoms with Crippen molar-refractivity contribution < 1.29 is 23.9 Å². The van der Waals surface area contributed by atoms with Crippen molar-refractivity contribution in [3.05, 3.63) is 0 Å². The minimum absolute atomic E-state index is 0.268. The van der Waals surface area contributed by atoms with Gasteiger partial charge in [0.15, 0.2) is 0 Å². The zero-order valence-electron chi connectivity index (χ0n) is 15.2. The number of carbonyl (C=O) groups excluding carboxylic acids is 3. The first-order valence-corrected chi connectivity index (χ1v) is 9.11. The molecule has 0 aromatic heterocycles. The standard InChI is InChI=1S/C15H26Cl3N3O5/c1-9(21-13(24)26-14(2,3)4)11(22)20-7-5-6-10(19)12(23)25-8-15(16,17)18/h9-10H,5-8,19H2,1-4H3,(H,20,22)(H,21,24)/t9-,10-/m0/s1. The molecular weight excluding hydrogens is 409 g/mol. The number of halogens is 3. The van der Waals surface area contributed by atoms with Gasteiger partial charge in [-0.2, -0.15) is 0 Å². The molecule has 0 saturated carbocycles. The van der Waals surface area contributed by atoms with Gasteiger partial charge in [0.2, 0.25) is 9.70 Å². The van der Waals surface area contributed by atoms with Crippen LogP contribution in [0.25, 0.3) is 0 Å². The van der Waals surface area contributed by atoms with Gasteiger partial charge >= 0.3 is 12.1 Å². The van der Waals surface area contributed by atoms with E-state index in [0.29, 0.717) is 6.42 Å². The predicted molar refractivity (Wildman–Crippen MR) is 100 cm³/mol. The van der Waals surface area contributed by atoms with Crippen molar-refractivity contribution in [3.8, 4) is 0 Å². The Morgan fingerprint density at radius 2 is 1.73 bits per heavy atom. The topological polar surface area (TPSA) is 120 Å². The van der Waals surface area contributed by atoms with Crippen molar-refractivity contribution in [2.45, 2.75) is 62.0 Å². The molecule has 0 radical (unpaired) electrons. The molecule has 152 valence electrons. The smallest absolute Gasteiger partial charge is 0.408 e. The average Bonchev–Trinajstić information content (AvgIpc) is 2.45. The first-order valence-electron chi connectivity index (χ1n) is 7.97. The third-order valence-electron chi connectivity index (χ3n) is 2.80. The van der Waals surface area contributed by atoms with Gasteiger partial charge in [0.25, 0.3) is 0 Å². The van der Waals surface area contributed by atoms with Gasteiger partial charge in [0.05, 0.1) is 0 Å². The Labute approximate surface area is 168 Å². The van der Waals surface area contributed by atoms with Gasteiger partial charge in [0.1, 0.15) is 24.3 Å². The summed E-state index contributed by atoms with van der Waals surface area (Å²) < 4.78 is 8.13. The van der Waals surface area contributed by atoms with Crippen LogP contribution in [-0.2, 0) is 19.1 Å². The van der Waals surface area contributed by atoms with Crippen LogP contribution in [-0.4, -0.2) is 52.6 Å². The summed E-state index contributed by atoms with van der Waals surface area (Å²) in [5.41, 5.74) is 5.01. The number of alkyl halides is 3. The molecule has 0 aliphatic carbocycles. The van der Waals surface area contributed by atoms with Crippen LogP contribution < -0.4 is 16.4 Å². The Morgan fingerprint density at radius 3 is 2.23 bits per heavy atom. The highest BCUT2D eigenvalue weighted by Gasteiger charge is 2.24. The fraction of sp³-hybridized carbons (Fsp3) is 0.800. The van der Waals surface area contributed by atoms with E-state index in [2.05, 4.69) is 10.6 Å². The fourth-order valence-corrected chi connectivity index (χ4v) is 1.78. The van der Waals surface area contributed by atoms with Crippen LogP contribution in [0, 0.1) is 0 Å². The van der Waals surface area contributed by atoms with Gasteiger partial charge in [-0.25, -0.2) is 4.79 Å². The fourth-order valence-electron chi connectivity index (χ4n) is 1.61. The molecule has 2 atom stereocenters. The van der Waals surface area contributed by atoms with Crippen molar-refractivity contribution in [1.29, 1.82) is 0 Å². The van der Waals surface area contributed by atoms with Crippen molar-refractivity contribution in [2.24, 2.45) is 5.73 Å². The number of esters is 1. The molecule has 0 heterocycles. The van der Waals surface area contributed by atoms with Crippen LogP contribution in [0.4, 0.5) is 4.79 Å². The Morgan fingerprint density at radius 1 is 1.15 bits per heavy atom. The summed E-state index contributed by atoms with van der Waals surface area (Å²) in [6, 6.07) is -1.66. The van der Waals surface area contributed by atoms with Crippen LogP contribution in [0.2, 0.25) is 0 Å². The highest BCUT2D eigenvalue weighted by atomic mass is 35.6. The van der Waals surface area contributed by atoms with Crippen LogP contribution in [0.15, 0.2) is 0 Å². The molecule has 0 aromatic rings. The Balaban J connectivity index is 4.03. The number of carbonyl (C=O) groups is 3. The number of ether oxygens (including phenoxy) is 2. The predicted octanol–water partition coefficient (Wildman–Crippen LogP) is 2.04. The maximum atomic E-state index is 11.9. The lowest BCUT2D eigenvalue weighted by Crippen LogP contribution is -2.46. The number of alkyl carbamates (subject to hydrolysis) is 1. The quantitative estimate of drug-likeness (QED) is 0.305. The molecule has 8 nitrogen and oxygen atoms in total. The summed E-state index contributed by atoms with van der Waals surface area (Å²) in [7, 11) is 0. The van der Waals surface area contributed by atoms with Crippen molar-refractivity contribution >= 4 is 52.8 Å². The van der Waals surface area contributed by atoms with Crippen LogP contribution in [0.3, 0.4) is 0 Å². The van der Waals surface area contributed by atoms with Crippen molar-refractivity contribution in [3.63, 3.8) is 0 Å². The lowest BCUT2D eigenvalue weighted by molar-refractivity contribution is -0.145. The van der Waals surface area contributed by atoms with E-state index in [4.69, 9.17) is 50.0 Å². The maximum Gasteiger partial charge on any atom is 0.408 e. The zero-order chi connectivity index (χ0) is 20.5. The SMILES string of the molecule is C[C@H](NC(=O)OC(C)(C)C)C(=O)NCCC[C@H](N)C(=O)OCC(Cl)(Cl)Cl. The van der Waals surface area contributed by atoms with E-state index < -0.39 is 40.1 Å². The van der Waals surface area contributed by atoms with Gasteiger partial charge in [-0.1, -0.05) is 34.8 Å². The van der Waals surface area contributed by atoms with E-state index in [1.54, 1.807) is 20.8 Å². The third kappa shape index (κ3) is 13.3. The van der Waals surface area contributed by atoms with Gasteiger partial charge in [-0.15, -0.1) is 0 Å². The molecule has 0 aliphatic heterocycles. The molecule has 0 bridgehead atoms. The summed E-state index contributed by atoms with van der Waals surface area (Å²) in [4.78, 5) is 35.1. The molecular formula is C15H26Cl3N3O5. The van der Waals surface area contributed by atoms with E-state index in [0.717, 1.165) is 0 Å². The number of rotatable bonds is 8. The average molecular weight is 435 g/mol. The second-order valence-corrected chi connectivity index (χ2v) is 9.15. The van der Waals surface area contributed by atoms with E-state index in [1.807, 2.05) is 0 Å². The molecule has 0 spiro atoms. The van der Waals surface area contributed by atoms with Crippen LogP contribution in [0.1, 0.15) is 40.5 Å². The van der Waals surface area contributed by atoms with Gasteiger partial charge in [-0.3, -0.25) is 9.59 Å². The van der Waals surface area contributed by atoms with Crippen LogP contribution in [0.5, 0.6) is 0 Å². The van der Waals surface area contributed by atoms with Gasteiger partial charge in [-0.05, 0) is 40.5 Å². The molecule has 2 amide bonds. The molecule has 0 aliphatic rings. The minimum Gasteiger partial charge on any atom is -0.460 e. The second kappa shape index (κ2) is 11.0. The van der Waals surface area contributed by atoms with E-state index >= 15 is 0 Å². The summed E-state index contributed by atoms with van der Waals surface area (Å²) in [6.07, 6.45) is 0.0146. The number of nitrogens with one attached hydrogen (secondary N) is 2. The molecule has 0 unspecified atom stereocenters. The highest BCUT2D eigenvalue weighted by Crippen LogP contribution is 2.26. The highest BCUT2D eigenvalue weighted by molar-refractivity contribution is 6.67. The Hall–Kier alpha value is -0.960. The first kappa shape index (κ1) is 25.0. The normalized spacial score (nSPS) is 14.2. The minimum atomic E-state index is -1.69. The lowest BCUT2D eigenvalue weighted by Gasteiger charge is -2.21. The third-order valence-corrected chi connectivity index (χ3v) is 3.13. The summed E-state index contributed by atoms with van der Waals surface area (Å²) >= 11 is 16.4. The van der Waals surface area contributed by atoms with E-state index in [1.165, 1.54) is 6.92 Å². The second-order valence-electron chi connectivity index (χ2n) is 6.63. The lowest BCUT2D eigenvalue weighted by atomic mass is 10.1. The zero-order valence-corrected chi connectivity index (χ0v) is 17.5. The first-order chi connectivity index (χ1) is 11.7. The summed E-state index contributed by atoms with van der Waals surface area (Å²) in [5, 5.41) is 5.05. The summed E-state index contributed by atoms with van der Waals surface area (Å²) in [6.45, 7) is 6.56. The van der Waals surface area contributed by atoms with Gasteiger partial charge < -0.3 is 25.8 Å². The number of hydrogen-bond donors (Lipinski definition) is 3. The number of hydrogen-bond acceptors (Lipinski definition) is 6.